The van der Waals surface area contributed by atoms with Crippen LogP contribution in [0.5, 0.6) is 11.5 Å². The number of amides is 2. The first-order chi connectivity index (χ1) is 12.4. The molecule has 8 heteroatoms. The summed E-state index contributed by atoms with van der Waals surface area (Å²) in [5.74, 6) is -0.0604. The van der Waals surface area contributed by atoms with Crippen LogP contribution < -0.4 is 20.1 Å². The molecule has 2 rings (SSSR count). The summed E-state index contributed by atoms with van der Waals surface area (Å²) in [7, 11) is 1.34. The SMILES string of the molecule is COc1ccc(CNC(=O)Nc2cccc(C(C)=O)c2)cc1OC(F)F. The van der Waals surface area contributed by atoms with E-state index >= 15 is 0 Å². The highest BCUT2D eigenvalue weighted by molar-refractivity contribution is 5.96. The van der Waals surface area contributed by atoms with Gasteiger partial charge in [0.1, 0.15) is 0 Å². The molecule has 0 atom stereocenters. The first-order valence-electron chi connectivity index (χ1n) is 7.66. The Bertz CT molecular complexity index is 797. The largest absolute Gasteiger partial charge is 0.493 e. The number of rotatable bonds is 7. The second-order valence-electron chi connectivity index (χ2n) is 5.31. The fraction of sp³-hybridized carbons (Fsp3) is 0.222. The number of Topliss-reactive ketones (excluding diaryl/α,β-unsaturated/α-hetero) is 1. The van der Waals surface area contributed by atoms with Gasteiger partial charge in [-0.3, -0.25) is 4.79 Å². The molecule has 26 heavy (non-hydrogen) atoms. The Morgan fingerprint density at radius 2 is 1.88 bits per heavy atom. The molecule has 0 unspecified atom stereocenters. The number of urea groups is 1. The van der Waals surface area contributed by atoms with Crippen molar-refractivity contribution in [3.8, 4) is 11.5 Å². The molecule has 0 saturated heterocycles. The summed E-state index contributed by atoms with van der Waals surface area (Å²) in [4.78, 5) is 23.3. The zero-order valence-corrected chi connectivity index (χ0v) is 14.2. The topological polar surface area (TPSA) is 76.7 Å². The van der Waals surface area contributed by atoms with E-state index in [1.165, 1.54) is 26.2 Å². The molecule has 2 aromatic rings. The summed E-state index contributed by atoms with van der Waals surface area (Å²) in [6.07, 6.45) is 0. The highest BCUT2D eigenvalue weighted by atomic mass is 19.3. The van der Waals surface area contributed by atoms with Gasteiger partial charge in [-0.25, -0.2) is 4.79 Å². The monoisotopic (exact) mass is 364 g/mol. The van der Waals surface area contributed by atoms with E-state index in [-0.39, 0.29) is 23.8 Å². The Balaban J connectivity index is 1.98. The summed E-state index contributed by atoms with van der Waals surface area (Å²) < 4.78 is 34.2. The number of halogens is 2. The maximum atomic E-state index is 12.4. The minimum Gasteiger partial charge on any atom is -0.493 e. The Hall–Kier alpha value is -3.16. The van der Waals surface area contributed by atoms with Crippen molar-refractivity contribution in [1.82, 2.24) is 5.32 Å². The third-order valence-corrected chi connectivity index (χ3v) is 3.42. The van der Waals surface area contributed by atoms with Gasteiger partial charge in [0.05, 0.1) is 7.11 Å². The molecule has 0 aromatic heterocycles. The van der Waals surface area contributed by atoms with Crippen LogP contribution in [0.4, 0.5) is 19.3 Å². The molecule has 0 aliphatic heterocycles. The van der Waals surface area contributed by atoms with Crippen molar-refractivity contribution in [2.75, 3.05) is 12.4 Å². The average Bonchev–Trinajstić information content (AvgIpc) is 2.60. The lowest BCUT2D eigenvalue weighted by Crippen LogP contribution is -2.28. The predicted molar refractivity (Wildman–Crippen MR) is 91.9 cm³/mol. The third-order valence-electron chi connectivity index (χ3n) is 3.42. The maximum Gasteiger partial charge on any atom is 0.387 e. The minimum absolute atomic E-state index is 0.0851. The van der Waals surface area contributed by atoms with Crippen LogP contribution in [-0.4, -0.2) is 25.5 Å². The summed E-state index contributed by atoms with van der Waals surface area (Å²) in [6.45, 7) is -1.46. The molecule has 0 bridgehead atoms. The average molecular weight is 364 g/mol. The van der Waals surface area contributed by atoms with E-state index in [0.717, 1.165) is 0 Å². The number of anilines is 1. The van der Waals surface area contributed by atoms with Gasteiger partial charge in [0.2, 0.25) is 0 Å². The second-order valence-corrected chi connectivity index (χ2v) is 5.31. The van der Waals surface area contributed by atoms with E-state index in [9.17, 15) is 18.4 Å². The lowest BCUT2D eigenvalue weighted by atomic mass is 10.1. The Kier molecular flexibility index (Phi) is 6.48. The van der Waals surface area contributed by atoms with Crippen LogP contribution in [0.2, 0.25) is 0 Å². The molecule has 0 spiro atoms. The van der Waals surface area contributed by atoms with Crippen molar-refractivity contribution in [3.63, 3.8) is 0 Å². The first-order valence-corrected chi connectivity index (χ1v) is 7.66. The van der Waals surface area contributed by atoms with Gasteiger partial charge in [-0.05, 0) is 36.8 Å². The summed E-state index contributed by atoms with van der Waals surface area (Å²) >= 11 is 0. The van der Waals surface area contributed by atoms with Crippen molar-refractivity contribution in [1.29, 1.82) is 0 Å². The normalized spacial score (nSPS) is 10.3. The number of ether oxygens (including phenoxy) is 2. The lowest BCUT2D eigenvalue weighted by molar-refractivity contribution is -0.0512. The zero-order valence-electron chi connectivity index (χ0n) is 14.2. The number of carbonyl (C=O) groups is 2. The molecule has 0 aliphatic carbocycles. The molecule has 2 aromatic carbocycles. The molecule has 0 saturated carbocycles. The van der Waals surface area contributed by atoms with Gasteiger partial charge in [-0.2, -0.15) is 8.78 Å². The van der Waals surface area contributed by atoms with Crippen molar-refractivity contribution in [2.45, 2.75) is 20.1 Å². The highest BCUT2D eigenvalue weighted by Gasteiger charge is 2.12. The van der Waals surface area contributed by atoms with E-state index in [1.54, 1.807) is 30.3 Å². The Labute approximate surface area is 149 Å². The van der Waals surface area contributed by atoms with E-state index in [4.69, 9.17) is 4.74 Å². The van der Waals surface area contributed by atoms with Crippen LogP contribution in [-0.2, 0) is 6.54 Å². The number of hydrogen-bond donors (Lipinski definition) is 2. The number of ketones is 1. The van der Waals surface area contributed by atoms with Gasteiger partial charge < -0.3 is 20.1 Å². The predicted octanol–water partition coefficient (Wildman–Crippen LogP) is 3.82. The maximum absolute atomic E-state index is 12.4. The van der Waals surface area contributed by atoms with Gasteiger partial charge in [0, 0.05) is 17.8 Å². The molecular weight excluding hydrogens is 346 g/mol. The van der Waals surface area contributed by atoms with Gasteiger partial charge in [-0.15, -0.1) is 0 Å². The van der Waals surface area contributed by atoms with Crippen molar-refractivity contribution in [3.05, 3.63) is 53.6 Å². The van der Waals surface area contributed by atoms with Gasteiger partial charge in [0.15, 0.2) is 17.3 Å². The van der Waals surface area contributed by atoms with E-state index in [0.29, 0.717) is 16.8 Å². The molecule has 138 valence electrons. The van der Waals surface area contributed by atoms with Crippen LogP contribution in [0.25, 0.3) is 0 Å². The van der Waals surface area contributed by atoms with Crippen LogP contribution in [0.15, 0.2) is 42.5 Å². The molecule has 2 N–H and O–H groups in total. The van der Waals surface area contributed by atoms with Crippen LogP contribution >= 0.6 is 0 Å². The summed E-state index contributed by atoms with van der Waals surface area (Å²) in [6, 6.07) is 10.5. The minimum atomic E-state index is -2.98. The lowest BCUT2D eigenvalue weighted by Gasteiger charge is -2.12. The van der Waals surface area contributed by atoms with E-state index in [1.807, 2.05) is 0 Å². The summed E-state index contributed by atoms with van der Waals surface area (Å²) in [5, 5.41) is 5.19. The molecule has 0 heterocycles. The van der Waals surface area contributed by atoms with Crippen LogP contribution in [0.3, 0.4) is 0 Å². The van der Waals surface area contributed by atoms with Crippen molar-refractivity contribution < 1.29 is 27.8 Å². The molecule has 0 fully saturated rings. The summed E-state index contributed by atoms with van der Waals surface area (Å²) in [5.41, 5.74) is 1.49. The quantitative estimate of drug-likeness (QED) is 0.732. The fourth-order valence-corrected chi connectivity index (χ4v) is 2.19. The van der Waals surface area contributed by atoms with Crippen molar-refractivity contribution >= 4 is 17.5 Å². The molecule has 6 nitrogen and oxygen atoms in total. The number of nitrogens with one attached hydrogen (secondary N) is 2. The molecule has 0 radical (unpaired) electrons. The molecular formula is C18H18F2N2O4. The standard InChI is InChI=1S/C18H18F2N2O4/c1-11(23)13-4-3-5-14(9-13)22-18(24)21-10-12-6-7-15(25-2)16(8-12)26-17(19)20/h3-9,17H,10H2,1-2H3,(H2,21,22,24). The van der Waals surface area contributed by atoms with Gasteiger partial charge in [-0.1, -0.05) is 18.2 Å². The highest BCUT2D eigenvalue weighted by Crippen LogP contribution is 2.29. The fourth-order valence-electron chi connectivity index (χ4n) is 2.19. The zero-order chi connectivity index (χ0) is 19.1. The van der Waals surface area contributed by atoms with Gasteiger partial charge >= 0.3 is 12.6 Å². The van der Waals surface area contributed by atoms with Crippen LogP contribution in [0, 0.1) is 0 Å². The smallest absolute Gasteiger partial charge is 0.387 e. The third kappa shape index (κ3) is 5.44. The molecule has 2 amide bonds. The second kappa shape index (κ2) is 8.80. The number of hydrogen-bond acceptors (Lipinski definition) is 4. The number of alkyl halides is 2. The van der Waals surface area contributed by atoms with E-state index < -0.39 is 12.6 Å². The Morgan fingerprint density at radius 3 is 2.54 bits per heavy atom. The van der Waals surface area contributed by atoms with Crippen LogP contribution in [0.1, 0.15) is 22.8 Å². The van der Waals surface area contributed by atoms with E-state index in [2.05, 4.69) is 15.4 Å². The number of methoxy groups -OCH3 is 1. The Morgan fingerprint density at radius 1 is 1.12 bits per heavy atom. The van der Waals surface area contributed by atoms with Gasteiger partial charge in [0.25, 0.3) is 0 Å². The number of benzene rings is 2. The first kappa shape index (κ1) is 19.2. The van der Waals surface area contributed by atoms with Crippen molar-refractivity contribution in [2.24, 2.45) is 0 Å². The number of carbonyl (C=O) groups excluding carboxylic acids is 2. The molecule has 0 aliphatic rings.